The van der Waals surface area contributed by atoms with Crippen molar-refractivity contribution in [3.05, 3.63) is 29.1 Å². The van der Waals surface area contributed by atoms with Crippen molar-refractivity contribution in [1.29, 1.82) is 0 Å². The van der Waals surface area contributed by atoms with Gasteiger partial charge < -0.3 is 0 Å². The first-order chi connectivity index (χ1) is 5.09. The van der Waals surface area contributed by atoms with Crippen molar-refractivity contribution in [2.75, 3.05) is 0 Å². The molecule has 1 aromatic heterocycles. The number of hydrogen-bond acceptors (Lipinski definition) is 1. The summed E-state index contributed by atoms with van der Waals surface area (Å²) in [5.74, 6) is 0. The van der Waals surface area contributed by atoms with Gasteiger partial charge in [-0.2, -0.15) is 0 Å². The second kappa shape index (κ2) is 2.95. The summed E-state index contributed by atoms with van der Waals surface area (Å²) >= 11 is 0. The lowest BCUT2D eigenvalue weighted by Crippen LogP contribution is -1.91. The molecule has 0 N–H and O–H groups in total. The normalized spacial score (nSPS) is 10.6. The van der Waals surface area contributed by atoms with Crippen LogP contribution < -0.4 is 0 Å². The average molecular weight is 157 g/mol. The van der Waals surface area contributed by atoms with E-state index < -0.39 is 6.43 Å². The highest BCUT2D eigenvalue weighted by molar-refractivity contribution is 5.20. The second-order valence-electron chi connectivity index (χ2n) is 2.48. The van der Waals surface area contributed by atoms with Gasteiger partial charge in [0.25, 0.3) is 6.43 Å². The van der Waals surface area contributed by atoms with Crippen molar-refractivity contribution in [1.82, 2.24) is 4.98 Å². The van der Waals surface area contributed by atoms with E-state index in [1.807, 2.05) is 0 Å². The SMILES string of the molecule is Cc1cc(C(F)F)cc(C)n1. The fourth-order valence-electron chi connectivity index (χ4n) is 0.993. The van der Waals surface area contributed by atoms with Gasteiger partial charge in [-0.3, -0.25) is 4.98 Å². The molecule has 0 aliphatic heterocycles. The minimum atomic E-state index is -2.39. The Morgan fingerprint density at radius 2 is 1.64 bits per heavy atom. The highest BCUT2D eigenvalue weighted by Crippen LogP contribution is 2.19. The maximum absolute atomic E-state index is 12.1. The molecule has 0 bridgehead atoms. The third-order valence-corrected chi connectivity index (χ3v) is 1.36. The van der Waals surface area contributed by atoms with Gasteiger partial charge in [0.15, 0.2) is 0 Å². The molecular formula is C8H9F2N. The minimum Gasteiger partial charge on any atom is -0.258 e. The number of aromatic nitrogens is 1. The van der Waals surface area contributed by atoms with E-state index >= 15 is 0 Å². The molecule has 0 amide bonds. The van der Waals surface area contributed by atoms with E-state index in [4.69, 9.17) is 0 Å². The lowest BCUT2D eigenvalue weighted by molar-refractivity contribution is 0.151. The molecule has 0 aliphatic rings. The van der Waals surface area contributed by atoms with Gasteiger partial charge in [0.2, 0.25) is 0 Å². The van der Waals surface area contributed by atoms with Crippen LogP contribution in [0.4, 0.5) is 8.78 Å². The van der Waals surface area contributed by atoms with Crippen LogP contribution in [0.25, 0.3) is 0 Å². The van der Waals surface area contributed by atoms with Gasteiger partial charge in [0, 0.05) is 17.0 Å². The third kappa shape index (κ3) is 1.97. The smallest absolute Gasteiger partial charge is 0.258 e. The largest absolute Gasteiger partial charge is 0.263 e. The van der Waals surface area contributed by atoms with Gasteiger partial charge in [-0.1, -0.05) is 0 Å². The first kappa shape index (κ1) is 8.11. The number of pyridine rings is 1. The van der Waals surface area contributed by atoms with Crippen LogP contribution >= 0.6 is 0 Å². The van der Waals surface area contributed by atoms with E-state index in [-0.39, 0.29) is 5.56 Å². The molecule has 0 saturated carbocycles. The number of rotatable bonds is 1. The van der Waals surface area contributed by atoms with Gasteiger partial charge >= 0.3 is 0 Å². The molecule has 0 spiro atoms. The van der Waals surface area contributed by atoms with Crippen LogP contribution in [0.15, 0.2) is 12.1 Å². The summed E-state index contributed by atoms with van der Waals surface area (Å²) in [7, 11) is 0. The Morgan fingerprint density at radius 3 is 2.00 bits per heavy atom. The van der Waals surface area contributed by atoms with Crippen molar-refractivity contribution < 1.29 is 8.78 Å². The summed E-state index contributed by atoms with van der Waals surface area (Å²) in [6.07, 6.45) is -2.39. The number of alkyl halides is 2. The van der Waals surface area contributed by atoms with E-state index in [9.17, 15) is 8.78 Å². The zero-order valence-electron chi connectivity index (χ0n) is 6.44. The van der Waals surface area contributed by atoms with Crippen LogP contribution in [-0.2, 0) is 0 Å². The van der Waals surface area contributed by atoms with Gasteiger partial charge in [-0.25, -0.2) is 8.78 Å². The standard InChI is InChI=1S/C8H9F2N/c1-5-3-7(8(9)10)4-6(2)11-5/h3-4,8H,1-2H3. The Hall–Kier alpha value is -0.990. The van der Waals surface area contributed by atoms with E-state index in [0.29, 0.717) is 11.4 Å². The molecule has 11 heavy (non-hydrogen) atoms. The number of halogens is 2. The second-order valence-corrected chi connectivity index (χ2v) is 2.48. The van der Waals surface area contributed by atoms with E-state index in [2.05, 4.69) is 4.98 Å². The molecule has 1 heterocycles. The molecule has 0 aromatic carbocycles. The van der Waals surface area contributed by atoms with Crippen molar-refractivity contribution in [2.45, 2.75) is 20.3 Å². The van der Waals surface area contributed by atoms with Crippen LogP contribution in [-0.4, -0.2) is 4.98 Å². The maximum atomic E-state index is 12.1. The van der Waals surface area contributed by atoms with Crippen molar-refractivity contribution in [3.8, 4) is 0 Å². The summed E-state index contributed by atoms with van der Waals surface area (Å²) in [6, 6.07) is 2.80. The van der Waals surface area contributed by atoms with Gasteiger partial charge in [0.1, 0.15) is 0 Å². The first-order valence-corrected chi connectivity index (χ1v) is 3.33. The van der Waals surface area contributed by atoms with Crippen molar-refractivity contribution in [2.24, 2.45) is 0 Å². The Labute approximate surface area is 64.1 Å². The highest BCUT2D eigenvalue weighted by atomic mass is 19.3. The molecule has 0 unspecified atom stereocenters. The molecule has 1 rings (SSSR count). The van der Waals surface area contributed by atoms with Gasteiger partial charge in [0.05, 0.1) is 0 Å². The molecule has 0 radical (unpaired) electrons. The third-order valence-electron chi connectivity index (χ3n) is 1.36. The molecular weight excluding hydrogens is 148 g/mol. The highest BCUT2D eigenvalue weighted by Gasteiger charge is 2.07. The minimum absolute atomic E-state index is 0.0509. The Kier molecular flexibility index (Phi) is 2.17. The molecule has 0 saturated heterocycles. The zero-order valence-corrected chi connectivity index (χ0v) is 6.44. The molecule has 0 fully saturated rings. The van der Waals surface area contributed by atoms with Crippen LogP contribution in [0.1, 0.15) is 23.4 Å². The van der Waals surface area contributed by atoms with Crippen LogP contribution in [0.3, 0.4) is 0 Å². The van der Waals surface area contributed by atoms with Crippen LogP contribution in [0.2, 0.25) is 0 Å². The maximum Gasteiger partial charge on any atom is 0.263 e. The summed E-state index contributed by atoms with van der Waals surface area (Å²) < 4.78 is 24.2. The predicted octanol–water partition coefficient (Wildman–Crippen LogP) is 2.64. The Balaban J connectivity index is 3.08. The average Bonchev–Trinajstić information content (AvgIpc) is 1.85. The monoisotopic (exact) mass is 157 g/mol. The molecule has 0 atom stereocenters. The number of aryl methyl sites for hydroxylation is 2. The van der Waals surface area contributed by atoms with Crippen molar-refractivity contribution in [3.63, 3.8) is 0 Å². The zero-order chi connectivity index (χ0) is 8.43. The van der Waals surface area contributed by atoms with E-state index in [1.165, 1.54) is 12.1 Å². The summed E-state index contributed by atoms with van der Waals surface area (Å²) in [5, 5.41) is 0. The van der Waals surface area contributed by atoms with E-state index in [1.54, 1.807) is 13.8 Å². The Morgan fingerprint density at radius 1 is 1.18 bits per heavy atom. The number of hydrogen-bond donors (Lipinski definition) is 0. The summed E-state index contributed by atoms with van der Waals surface area (Å²) in [5.41, 5.74) is 1.33. The summed E-state index contributed by atoms with van der Waals surface area (Å²) in [6.45, 7) is 3.41. The quantitative estimate of drug-likeness (QED) is 0.610. The number of nitrogens with zero attached hydrogens (tertiary/aromatic N) is 1. The lowest BCUT2D eigenvalue weighted by atomic mass is 10.2. The first-order valence-electron chi connectivity index (χ1n) is 3.33. The van der Waals surface area contributed by atoms with Gasteiger partial charge in [-0.15, -0.1) is 0 Å². The molecule has 1 aromatic rings. The topological polar surface area (TPSA) is 12.9 Å². The van der Waals surface area contributed by atoms with Crippen LogP contribution in [0.5, 0.6) is 0 Å². The molecule has 0 aliphatic carbocycles. The predicted molar refractivity (Wildman–Crippen MR) is 38.7 cm³/mol. The fourth-order valence-corrected chi connectivity index (χ4v) is 0.993. The van der Waals surface area contributed by atoms with Crippen LogP contribution in [0, 0.1) is 13.8 Å². The van der Waals surface area contributed by atoms with Gasteiger partial charge in [-0.05, 0) is 26.0 Å². The molecule has 1 nitrogen and oxygen atoms in total. The summed E-state index contributed by atoms with van der Waals surface area (Å²) in [4.78, 5) is 3.98. The fraction of sp³-hybridized carbons (Fsp3) is 0.375. The Bertz CT molecular complexity index is 238. The molecule has 3 heteroatoms. The van der Waals surface area contributed by atoms with Crippen molar-refractivity contribution >= 4 is 0 Å². The molecule has 60 valence electrons. The van der Waals surface area contributed by atoms with E-state index in [0.717, 1.165) is 0 Å². The lowest BCUT2D eigenvalue weighted by Gasteiger charge is -2.01.